The van der Waals surface area contributed by atoms with Crippen LogP contribution in [0.4, 0.5) is 22.0 Å². The van der Waals surface area contributed by atoms with Crippen molar-refractivity contribution in [3.05, 3.63) is 34.6 Å². The van der Waals surface area contributed by atoms with Crippen molar-refractivity contribution < 1.29 is 31.3 Å². The molecule has 0 saturated carbocycles. The van der Waals surface area contributed by atoms with Gasteiger partial charge in [0.05, 0.1) is 0 Å². The Morgan fingerprint density at radius 3 is 0.977 bits per heavy atom. The molecule has 1 aromatic carbocycles. The summed E-state index contributed by atoms with van der Waals surface area (Å²) >= 11 is 0. The van der Waals surface area contributed by atoms with Crippen LogP contribution in [0.3, 0.4) is 0 Å². The third-order valence-corrected chi connectivity index (χ3v) is 15.5. The normalized spacial score (nSPS) is 12.8. The molecule has 0 aliphatic heterocycles. The summed E-state index contributed by atoms with van der Waals surface area (Å²) in [7, 11) is 0. The zero-order chi connectivity index (χ0) is 32.2. The van der Waals surface area contributed by atoms with Gasteiger partial charge in [-0.1, -0.05) is 0 Å². The first-order valence-corrected chi connectivity index (χ1v) is 20.3. The van der Waals surface area contributed by atoms with Crippen LogP contribution in [0.5, 0.6) is 0 Å². The topological polar surface area (TPSA) is 26.3 Å². The summed E-state index contributed by atoms with van der Waals surface area (Å²) < 4.78 is 78.6. The van der Waals surface area contributed by atoms with Crippen LogP contribution in [0.1, 0.15) is 166 Å². The van der Waals surface area contributed by atoms with Crippen LogP contribution in [0.2, 0.25) is 0 Å². The maximum atomic E-state index is 14.9. The number of carbonyl (C=O) groups excluding carboxylic acids is 1. The second-order valence-electron chi connectivity index (χ2n) is 12.7. The van der Waals surface area contributed by atoms with Gasteiger partial charge in [0.2, 0.25) is 0 Å². The molecule has 0 spiro atoms. The van der Waals surface area contributed by atoms with Crippen LogP contribution >= 0.6 is 6.83 Å². The molecule has 0 unspecified atom stereocenters. The molecule has 2 nitrogen and oxygen atoms in total. The molecule has 0 N–H and O–H groups in total. The fourth-order valence-corrected chi connectivity index (χ4v) is 12.7. The Bertz CT molecular complexity index is 843. The van der Waals surface area contributed by atoms with Crippen molar-refractivity contribution in [1.82, 2.24) is 0 Å². The van der Waals surface area contributed by atoms with Crippen molar-refractivity contribution in [2.24, 2.45) is 0 Å². The Balaban J connectivity index is 3.63. The third kappa shape index (κ3) is 13.0. The van der Waals surface area contributed by atoms with E-state index in [2.05, 4.69) is 27.7 Å². The molecule has 0 amide bonds. The van der Waals surface area contributed by atoms with Crippen molar-refractivity contribution in [2.45, 2.75) is 156 Å². The average Bonchev–Trinajstić information content (AvgIpc) is 2.99. The van der Waals surface area contributed by atoms with Gasteiger partial charge in [-0.15, -0.1) is 0 Å². The molecule has 0 aliphatic carbocycles. The maximum absolute atomic E-state index is 14.9. The van der Waals surface area contributed by atoms with E-state index in [1.165, 1.54) is 0 Å². The summed E-state index contributed by atoms with van der Waals surface area (Å²) in [6.45, 7) is 5.13. The zero-order valence-electron chi connectivity index (χ0n) is 27.6. The molecule has 0 fully saturated rings. The van der Waals surface area contributed by atoms with Crippen molar-refractivity contribution in [2.75, 3.05) is 24.6 Å². The molecule has 0 radical (unpaired) electrons. The minimum absolute atomic E-state index is 0.659. The first kappa shape index (κ1) is 39.8. The van der Waals surface area contributed by atoms with Gasteiger partial charge in [0.1, 0.15) is 0 Å². The number of benzene rings is 1. The predicted molar refractivity (Wildman–Crippen MR) is 173 cm³/mol. The molecule has 8 heteroatoms. The summed E-state index contributed by atoms with van der Waals surface area (Å²) in [5.41, 5.74) is -1.45. The van der Waals surface area contributed by atoms with E-state index in [-0.39, 0.29) is 0 Å². The van der Waals surface area contributed by atoms with Crippen molar-refractivity contribution in [3.63, 3.8) is 0 Å². The Morgan fingerprint density at radius 2 is 0.698 bits per heavy atom. The first-order chi connectivity index (χ1) is 20.6. The van der Waals surface area contributed by atoms with Crippen LogP contribution in [0, 0.1) is 29.1 Å². The standard InChI is InChI=1S/C35H60F5O2P/c1-5-9-13-17-21-25-43(26-22-18-14-10-6-2,27-23-19-15-11-7-3,28-24-20-16-12-8-4)42-35(41)29-30(36)32(38)34(40)33(39)31(29)37/h5-28H2,1-4H3. The first-order valence-electron chi connectivity index (χ1n) is 17.4. The molecule has 1 aromatic rings. The second kappa shape index (κ2) is 21.5. The van der Waals surface area contributed by atoms with Crippen LogP contribution in [0.15, 0.2) is 0 Å². The number of rotatable bonds is 26. The summed E-state index contributed by atoms with van der Waals surface area (Å²) in [5.74, 6) is -12.1. The van der Waals surface area contributed by atoms with E-state index in [1.807, 2.05) is 0 Å². The molecule has 43 heavy (non-hydrogen) atoms. The molecule has 0 aliphatic rings. The molecule has 0 bridgehead atoms. The summed E-state index contributed by atoms with van der Waals surface area (Å²) in [4.78, 5) is 13.7. The van der Waals surface area contributed by atoms with E-state index < -0.39 is 47.4 Å². The third-order valence-electron chi connectivity index (χ3n) is 9.06. The van der Waals surface area contributed by atoms with Crippen molar-refractivity contribution in [1.29, 1.82) is 0 Å². The van der Waals surface area contributed by atoms with E-state index in [0.717, 1.165) is 128 Å². The summed E-state index contributed by atoms with van der Waals surface area (Å²) in [6, 6.07) is 0. The van der Waals surface area contributed by atoms with Gasteiger partial charge >= 0.3 is 259 Å². The van der Waals surface area contributed by atoms with E-state index in [0.29, 0.717) is 24.6 Å². The number of carbonyl (C=O) groups is 1. The van der Waals surface area contributed by atoms with Gasteiger partial charge < -0.3 is 0 Å². The van der Waals surface area contributed by atoms with Crippen molar-refractivity contribution in [3.8, 4) is 0 Å². The van der Waals surface area contributed by atoms with Crippen LogP contribution in [-0.4, -0.2) is 30.6 Å². The fraction of sp³-hybridized carbons (Fsp3) is 0.800. The van der Waals surface area contributed by atoms with Gasteiger partial charge in [-0.05, 0) is 0 Å². The van der Waals surface area contributed by atoms with E-state index in [1.54, 1.807) is 0 Å². The fourth-order valence-electron chi connectivity index (χ4n) is 6.38. The summed E-state index contributed by atoms with van der Waals surface area (Å²) in [5, 5.41) is 0. The van der Waals surface area contributed by atoms with Gasteiger partial charge in [-0.2, -0.15) is 0 Å². The Labute approximate surface area is 259 Å². The average molecular weight is 639 g/mol. The Morgan fingerprint density at radius 1 is 0.442 bits per heavy atom. The minimum atomic E-state index is -3.46. The number of hydrogen-bond donors (Lipinski definition) is 0. The van der Waals surface area contributed by atoms with Crippen LogP contribution in [-0.2, 0) is 4.52 Å². The van der Waals surface area contributed by atoms with Crippen LogP contribution < -0.4 is 0 Å². The van der Waals surface area contributed by atoms with Crippen LogP contribution in [0.25, 0.3) is 0 Å². The zero-order valence-corrected chi connectivity index (χ0v) is 28.5. The number of halogens is 5. The van der Waals surface area contributed by atoms with Gasteiger partial charge in [-0.3, -0.25) is 0 Å². The van der Waals surface area contributed by atoms with Gasteiger partial charge in [0.15, 0.2) is 0 Å². The molecule has 252 valence electrons. The van der Waals surface area contributed by atoms with Gasteiger partial charge in [-0.25, -0.2) is 0 Å². The number of hydrogen-bond acceptors (Lipinski definition) is 2. The van der Waals surface area contributed by atoms with Crippen molar-refractivity contribution >= 4 is 12.8 Å². The molecule has 0 atom stereocenters. The molecular formula is C35H60F5O2P. The second-order valence-corrected chi connectivity index (χ2v) is 18.4. The monoisotopic (exact) mass is 638 g/mol. The molecule has 0 aromatic heterocycles. The van der Waals surface area contributed by atoms with Gasteiger partial charge in [0.25, 0.3) is 0 Å². The SMILES string of the molecule is CCCCCCCP(CCCCCCC)(CCCCCCC)(CCCCCCC)OC(=O)c1c(F)c(F)c(F)c(F)c1F. The van der Waals surface area contributed by atoms with E-state index in [9.17, 15) is 26.7 Å². The summed E-state index contributed by atoms with van der Waals surface area (Å²) in [6.07, 6.45) is 22.8. The Hall–Kier alpha value is -1.23. The molecule has 0 saturated heterocycles. The van der Waals surface area contributed by atoms with E-state index >= 15 is 0 Å². The Kier molecular flexibility index (Phi) is 19.9. The predicted octanol–water partition coefficient (Wildman–Crippen LogP) is 12.9. The molecule has 1 rings (SSSR count). The molecular weight excluding hydrogens is 578 g/mol. The van der Waals surface area contributed by atoms with Gasteiger partial charge in [0, 0.05) is 0 Å². The number of unbranched alkanes of at least 4 members (excludes halogenated alkanes) is 16. The van der Waals surface area contributed by atoms with E-state index in [4.69, 9.17) is 4.52 Å². The molecule has 0 heterocycles. The quantitative estimate of drug-likeness (QED) is 0.0332.